The van der Waals surface area contributed by atoms with Crippen molar-refractivity contribution in [2.45, 2.75) is 33.1 Å². The number of benzene rings is 9. The van der Waals surface area contributed by atoms with Crippen LogP contribution in [0.4, 0.5) is 34.1 Å². The molecule has 2 aromatic heterocycles. The first-order chi connectivity index (χ1) is 28.8. The molecule has 9 aromatic carbocycles. The van der Waals surface area contributed by atoms with E-state index in [1.165, 1.54) is 81.0 Å². The maximum atomic E-state index is 6.34. The number of anilines is 6. The van der Waals surface area contributed by atoms with Crippen LogP contribution in [0.15, 0.2) is 174 Å². The summed E-state index contributed by atoms with van der Waals surface area (Å²) in [6.45, 7) is 9.22. The molecule has 0 amide bonds. The molecule has 0 unspecified atom stereocenters. The highest BCUT2D eigenvalue weighted by Crippen LogP contribution is 2.58. The molecule has 0 N–H and O–H groups in total. The number of aryl methyl sites for hydroxylation is 2. The lowest BCUT2D eigenvalue weighted by atomic mass is 9.73. The van der Waals surface area contributed by atoms with Crippen molar-refractivity contribution in [2.75, 3.05) is 9.80 Å². The average Bonchev–Trinajstić information content (AvgIpc) is 3.82. The van der Waals surface area contributed by atoms with Gasteiger partial charge in [-0.05, 0) is 97.8 Å². The van der Waals surface area contributed by atoms with Crippen LogP contribution >= 0.6 is 11.3 Å². The molecule has 0 bridgehead atoms. The monoisotopic (exact) mass is 776 g/mol. The van der Waals surface area contributed by atoms with Crippen molar-refractivity contribution in [3.05, 3.63) is 192 Å². The van der Waals surface area contributed by atoms with E-state index in [9.17, 15) is 0 Å². The fourth-order valence-electron chi connectivity index (χ4n) is 9.89. The van der Waals surface area contributed by atoms with Crippen LogP contribution in [0.5, 0.6) is 0 Å². The third-order valence-electron chi connectivity index (χ3n) is 12.7. The zero-order valence-corrected chi connectivity index (χ0v) is 34.2. The molecule has 0 fully saturated rings. The molecule has 0 radical (unpaired) electrons. The average molecular weight is 777 g/mol. The zero-order valence-electron chi connectivity index (χ0n) is 33.4. The normalized spacial score (nSPS) is 13.5. The number of furan rings is 1. The van der Waals surface area contributed by atoms with Gasteiger partial charge in [-0.3, -0.25) is 0 Å². The molecule has 3 heterocycles. The molecule has 4 heteroatoms. The number of hydrogen-bond donors (Lipinski definition) is 0. The van der Waals surface area contributed by atoms with Crippen molar-refractivity contribution in [3.63, 3.8) is 0 Å². The molecule has 11 aromatic rings. The number of nitrogens with zero attached hydrogens (tertiary/aromatic N) is 2. The lowest BCUT2D eigenvalue weighted by molar-refractivity contribution is 0.633. The second-order valence-electron chi connectivity index (χ2n) is 16.7. The minimum Gasteiger partial charge on any atom is -0.456 e. The summed E-state index contributed by atoms with van der Waals surface area (Å²) in [5.41, 5.74) is 13.7. The van der Waals surface area contributed by atoms with Gasteiger partial charge in [0.25, 0.3) is 0 Å². The Kier molecular flexibility index (Phi) is 7.28. The second kappa shape index (κ2) is 12.6. The topological polar surface area (TPSA) is 19.6 Å². The van der Waals surface area contributed by atoms with Crippen LogP contribution in [0.1, 0.15) is 36.1 Å². The Bertz CT molecular complexity index is 3520. The van der Waals surface area contributed by atoms with E-state index in [-0.39, 0.29) is 5.41 Å². The number of rotatable bonds is 4. The minimum atomic E-state index is -0.224. The van der Waals surface area contributed by atoms with Crippen molar-refractivity contribution in [1.29, 1.82) is 0 Å². The van der Waals surface area contributed by atoms with E-state index in [2.05, 4.69) is 201 Å². The second-order valence-corrected chi connectivity index (χ2v) is 17.8. The summed E-state index contributed by atoms with van der Waals surface area (Å²) in [6, 6.07) is 62.8. The first-order valence-electron chi connectivity index (χ1n) is 20.4. The van der Waals surface area contributed by atoms with Gasteiger partial charge in [0.2, 0.25) is 0 Å². The van der Waals surface area contributed by atoms with E-state index in [1.807, 2.05) is 17.4 Å². The molecule has 1 aliphatic rings. The molecule has 1 aliphatic heterocycles. The minimum absolute atomic E-state index is 0.224. The Labute approximate surface area is 347 Å². The molecule has 0 atom stereocenters. The highest BCUT2D eigenvalue weighted by molar-refractivity contribution is 7.25. The fourth-order valence-corrected chi connectivity index (χ4v) is 11.0. The zero-order chi connectivity index (χ0) is 39.6. The lowest BCUT2D eigenvalue weighted by Gasteiger charge is -2.43. The van der Waals surface area contributed by atoms with Gasteiger partial charge in [0, 0.05) is 69.3 Å². The number of para-hydroxylation sites is 3. The molecular formula is C55H40N2OS. The highest BCUT2D eigenvalue weighted by Gasteiger charge is 2.39. The van der Waals surface area contributed by atoms with Crippen molar-refractivity contribution < 1.29 is 4.42 Å². The first-order valence-corrected chi connectivity index (χ1v) is 21.2. The van der Waals surface area contributed by atoms with E-state index in [4.69, 9.17) is 4.42 Å². The summed E-state index contributed by atoms with van der Waals surface area (Å²) in [4.78, 5) is 5.06. The molecule has 0 saturated heterocycles. The van der Waals surface area contributed by atoms with Crippen LogP contribution in [-0.4, -0.2) is 0 Å². The van der Waals surface area contributed by atoms with Gasteiger partial charge in [-0.25, -0.2) is 0 Å². The van der Waals surface area contributed by atoms with Gasteiger partial charge in [-0.1, -0.05) is 122 Å². The van der Waals surface area contributed by atoms with Gasteiger partial charge in [-0.15, -0.1) is 11.3 Å². The van der Waals surface area contributed by atoms with Crippen LogP contribution in [0.3, 0.4) is 0 Å². The van der Waals surface area contributed by atoms with E-state index >= 15 is 0 Å². The Hall–Kier alpha value is -6.88. The van der Waals surface area contributed by atoms with Crippen molar-refractivity contribution in [1.82, 2.24) is 0 Å². The SMILES string of the molecule is Cc1ccc2c(N3c4ccccc4C(C)(C)c4cc5c(cc43)sc3ccccc35)c3cc(C)ccc3c(N(c3ccccc3)c3ccc4oc5ccccc5c4c3)c2c1. The quantitative estimate of drug-likeness (QED) is 0.166. The van der Waals surface area contributed by atoms with Gasteiger partial charge in [0.1, 0.15) is 11.2 Å². The molecule has 0 spiro atoms. The summed E-state index contributed by atoms with van der Waals surface area (Å²) in [6.07, 6.45) is 0. The molecule has 282 valence electrons. The molecule has 59 heavy (non-hydrogen) atoms. The van der Waals surface area contributed by atoms with Crippen molar-refractivity contribution >= 4 is 109 Å². The van der Waals surface area contributed by atoms with Gasteiger partial charge in [-0.2, -0.15) is 0 Å². The molecule has 3 nitrogen and oxygen atoms in total. The Morgan fingerprint density at radius 3 is 2.00 bits per heavy atom. The Morgan fingerprint density at radius 2 is 1.15 bits per heavy atom. The summed E-state index contributed by atoms with van der Waals surface area (Å²) in [7, 11) is 0. The summed E-state index contributed by atoms with van der Waals surface area (Å²) < 4.78 is 8.97. The number of fused-ring (bicyclic) bond motifs is 10. The largest absolute Gasteiger partial charge is 0.456 e. The molecule has 0 saturated carbocycles. The standard InChI is InChI=1S/C55H40N2OS/c1-33-23-26-40-43(28-33)53(56(35-14-6-5-7-15-35)36-24-27-50-41(30-36)37-16-8-12-20-49(37)58-50)39-25-22-34(2)29-44(39)54(40)57-47-19-11-10-18-45(47)55(3,4)46-31-42-38-17-9-13-21-51(38)59-52(42)32-48(46)57/h5-32H,1-4H3. The fraction of sp³-hybridized carbons (Fsp3) is 0.0909. The maximum absolute atomic E-state index is 6.34. The van der Waals surface area contributed by atoms with E-state index in [0.29, 0.717) is 0 Å². The summed E-state index contributed by atoms with van der Waals surface area (Å²) >= 11 is 1.89. The number of thiophene rings is 1. The van der Waals surface area contributed by atoms with Crippen LogP contribution in [0, 0.1) is 13.8 Å². The third-order valence-corrected chi connectivity index (χ3v) is 13.8. The lowest BCUT2D eigenvalue weighted by Crippen LogP contribution is -2.30. The van der Waals surface area contributed by atoms with Crippen LogP contribution in [0.2, 0.25) is 0 Å². The van der Waals surface area contributed by atoms with Gasteiger partial charge < -0.3 is 14.2 Å². The maximum Gasteiger partial charge on any atom is 0.135 e. The summed E-state index contributed by atoms with van der Waals surface area (Å²) in [5.74, 6) is 0. The van der Waals surface area contributed by atoms with Crippen LogP contribution in [-0.2, 0) is 5.41 Å². The Morgan fingerprint density at radius 1 is 0.458 bits per heavy atom. The van der Waals surface area contributed by atoms with Gasteiger partial charge in [0.05, 0.1) is 22.7 Å². The number of hydrogen-bond acceptors (Lipinski definition) is 4. The highest BCUT2D eigenvalue weighted by atomic mass is 32.1. The molecule has 0 aliphatic carbocycles. The van der Waals surface area contributed by atoms with Crippen molar-refractivity contribution in [2.24, 2.45) is 0 Å². The van der Waals surface area contributed by atoms with E-state index in [1.54, 1.807) is 0 Å². The predicted molar refractivity (Wildman–Crippen MR) is 253 cm³/mol. The molecule has 12 rings (SSSR count). The predicted octanol–water partition coefficient (Wildman–Crippen LogP) is 16.5. The first kappa shape index (κ1) is 34.2. The Balaban J connectivity index is 1.21. The van der Waals surface area contributed by atoms with E-state index < -0.39 is 0 Å². The summed E-state index contributed by atoms with van der Waals surface area (Å²) in [5, 5.41) is 9.68. The smallest absolute Gasteiger partial charge is 0.135 e. The van der Waals surface area contributed by atoms with E-state index in [0.717, 1.165) is 39.0 Å². The third kappa shape index (κ3) is 5.00. The molecular weight excluding hydrogens is 737 g/mol. The van der Waals surface area contributed by atoms with Crippen molar-refractivity contribution in [3.8, 4) is 0 Å². The van der Waals surface area contributed by atoms with Crippen LogP contribution < -0.4 is 9.80 Å². The van der Waals surface area contributed by atoms with Crippen LogP contribution in [0.25, 0.3) is 63.7 Å². The van der Waals surface area contributed by atoms with Gasteiger partial charge in [0.15, 0.2) is 0 Å². The van der Waals surface area contributed by atoms with Gasteiger partial charge >= 0.3 is 0 Å².